The summed E-state index contributed by atoms with van der Waals surface area (Å²) in [5.74, 6) is -1.20. The molecule has 1 amide bonds. The van der Waals surface area contributed by atoms with Gasteiger partial charge in [0.05, 0.1) is 11.6 Å². The van der Waals surface area contributed by atoms with Gasteiger partial charge in [-0.15, -0.1) is 0 Å². The van der Waals surface area contributed by atoms with Crippen LogP contribution in [0, 0.1) is 19.8 Å². The molecule has 0 aliphatic heterocycles. The summed E-state index contributed by atoms with van der Waals surface area (Å²) < 4.78 is 1.66. The summed E-state index contributed by atoms with van der Waals surface area (Å²) in [4.78, 5) is 22.7. The number of carbonyl (C=O) groups is 2. The Labute approximate surface area is 111 Å². The molecule has 0 aromatic carbocycles. The van der Waals surface area contributed by atoms with Crippen molar-refractivity contribution in [1.29, 1.82) is 0 Å². The van der Waals surface area contributed by atoms with E-state index in [4.69, 9.17) is 5.11 Å². The molecule has 0 radical (unpaired) electrons. The molecule has 0 bridgehead atoms. The molecule has 1 fully saturated rings. The van der Waals surface area contributed by atoms with Crippen LogP contribution in [-0.4, -0.2) is 32.8 Å². The van der Waals surface area contributed by atoms with Gasteiger partial charge in [-0.05, 0) is 39.2 Å². The van der Waals surface area contributed by atoms with E-state index < -0.39 is 5.97 Å². The number of hydrogen-bond acceptors (Lipinski definition) is 3. The number of carbonyl (C=O) groups excluding carboxylic acids is 1. The van der Waals surface area contributed by atoms with Gasteiger partial charge in [0.25, 0.3) is 0 Å². The van der Waals surface area contributed by atoms with Gasteiger partial charge in [-0.25, -0.2) is 0 Å². The molecule has 0 saturated heterocycles. The summed E-state index contributed by atoms with van der Waals surface area (Å²) in [6, 6.07) is 1.90. The maximum absolute atomic E-state index is 11.9. The van der Waals surface area contributed by atoms with Gasteiger partial charge in [0.1, 0.15) is 6.54 Å². The average Bonchev–Trinajstić information content (AvgIpc) is 2.87. The number of carboxylic acid groups (broad SMARTS) is 1. The molecule has 2 N–H and O–H groups in total. The molecular weight excluding hydrogens is 246 g/mol. The lowest BCUT2D eigenvalue weighted by Crippen LogP contribution is -2.36. The Hall–Kier alpha value is -1.85. The average molecular weight is 265 g/mol. The fraction of sp³-hybridized carbons (Fsp3) is 0.615. The summed E-state index contributed by atoms with van der Waals surface area (Å²) >= 11 is 0. The van der Waals surface area contributed by atoms with Gasteiger partial charge in [-0.1, -0.05) is 0 Å². The number of hydrogen-bond donors (Lipinski definition) is 2. The van der Waals surface area contributed by atoms with Crippen LogP contribution in [0.15, 0.2) is 6.07 Å². The molecule has 0 unspecified atom stereocenters. The van der Waals surface area contributed by atoms with Gasteiger partial charge in [0.2, 0.25) is 5.91 Å². The topological polar surface area (TPSA) is 84.2 Å². The van der Waals surface area contributed by atoms with Gasteiger partial charge in [0, 0.05) is 11.7 Å². The summed E-state index contributed by atoms with van der Waals surface area (Å²) in [5, 5.41) is 16.0. The molecular formula is C13H19N3O3. The van der Waals surface area contributed by atoms with Crippen molar-refractivity contribution in [2.24, 2.45) is 5.92 Å². The molecule has 2 atom stereocenters. The highest BCUT2D eigenvalue weighted by Crippen LogP contribution is 2.25. The zero-order valence-corrected chi connectivity index (χ0v) is 11.2. The van der Waals surface area contributed by atoms with Crippen molar-refractivity contribution in [2.75, 3.05) is 0 Å². The van der Waals surface area contributed by atoms with Crippen molar-refractivity contribution in [3.8, 4) is 0 Å². The van der Waals surface area contributed by atoms with Gasteiger partial charge in [0.15, 0.2) is 0 Å². The lowest BCUT2D eigenvalue weighted by atomic mass is 10.1. The first kappa shape index (κ1) is 13.6. The fourth-order valence-electron chi connectivity index (χ4n) is 2.58. The third-order valence-electron chi connectivity index (χ3n) is 3.54. The Kier molecular flexibility index (Phi) is 3.87. The highest BCUT2D eigenvalue weighted by molar-refractivity contribution is 5.76. The number of amides is 1. The first-order valence-corrected chi connectivity index (χ1v) is 6.49. The lowest BCUT2D eigenvalue weighted by Gasteiger charge is -2.13. The molecule has 104 valence electrons. The molecule has 6 nitrogen and oxygen atoms in total. The van der Waals surface area contributed by atoms with Crippen molar-refractivity contribution < 1.29 is 14.7 Å². The zero-order chi connectivity index (χ0) is 14.0. The van der Waals surface area contributed by atoms with Crippen LogP contribution < -0.4 is 5.32 Å². The normalized spacial score (nSPS) is 22.4. The highest BCUT2D eigenvalue weighted by atomic mass is 16.4. The Morgan fingerprint density at radius 2 is 2.21 bits per heavy atom. The van der Waals surface area contributed by atoms with E-state index in [0.717, 1.165) is 17.8 Å². The summed E-state index contributed by atoms with van der Waals surface area (Å²) in [5.41, 5.74) is 1.83. The molecule has 6 heteroatoms. The van der Waals surface area contributed by atoms with Crippen molar-refractivity contribution in [3.05, 3.63) is 17.5 Å². The minimum absolute atomic E-state index is 0.0226. The molecule has 1 aromatic rings. The van der Waals surface area contributed by atoms with Crippen LogP contribution in [0.3, 0.4) is 0 Å². The van der Waals surface area contributed by atoms with Crippen molar-refractivity contribution >= 4 is 11.9 Å². The van der Waals surface area contributed by atoms with E-state index in [1.54, 1.807) is 4.68 Å². The van der Waals surface area contributed by atoms with Crippen LogP contribution in [-0.2, 0) is 16.1 Å². The number of aryl methyl sites for hydroxylation is 2. The monoisotopic (exact) mass is 265 g/mol. The SMILES string of the molecule is Cc1cc(C)n(CC(=O)N[C@@H]2CC[C@H](C(=O)O)C2)n1. The van der Waals surface area contributed by atoms with Crippen LogP contribution in [0.25, 0.3) is 0 Å². The van der Waals surface area contributed by atoms with E-state index in [2.05, 4.69) is 10.4 Å². The van der Waals surface area contributed by atoms with E-state index in [0.29, 0.717) is 12.8 Å². The fourth-order valence-corrected chi connectivity index (χ4v) is 2.58. The number of aromatic nitrogens is 2. The quantitative estimate of drug-likeness (QED) is 0.846. The predicted molar refractivity (Wildman–Crippen MR) is 68.6 cm³/mol. The smallest absolute Gasteiger partial charge is 0.306 e. The van der Waals surface area contributed by atoms with Crippen LogP contribution in [0.1, 0.15) is 30.7 Å². The largest absolute Gasteiger partial charge is 0.481 e. The standard InChI is InChI=1S/C13H19N3O3/c1-8-5-9(2)16(15-8)7-12(17)14-11-4-3-10(6-11)13(18)19/h5,10-11H,3-4,6-7H2,1-2H3,(H,14,17)(H,18,19)/t10-,11+/m0/s1. The zero-order valence-electron chi connectivity index (χ0n) is 11.2. The summed E-state index contributed by atoms with van der Waals surface area (Å²) in [7, 11) is 0. The van der Waals surface area contributed by atoms with Crippen LogP contribution >= 0.6 is 0 Å². The molecule has 1 heterocycles. The number of aliphatic carboxylic acids is 1. The van der Waals surface area contributed by atoms with E-state index in [1.807, 2.05) is 19.9 Å². The second kappa shape index (κ2) is 5.42. The maximum Gasteiger partial charge on any atom is 0.306 e. The Morgan fingerprint density at radius 3 is 2.74 bits per heavy atom. The lowest BCUT2D eigenvalue weighted by molar-refractivity contribution is -0.141. The number of nitrogens with zero attached hydrogens (tertiary/aromatic N) is 2. The van der Waals surface area contributed by atoms with Gasteiger partial charge < -0.3 is 10.4 Å². The molecule has 19 heavy (non-hydrogen) atoms. The first-order chi connectivity index (χ1) is 8.95. The van der Waals surface area contributed by atoms with Crippen LogP contribution in [0.4, 0.5) is 0 Å². The number of carboxylic acids is 1. The minimum atomic E-state index is -0.768. The maximum atomic E-state index is 11.9. The molecule has 1 saturated carbocycles. The second-order valence-electron chi connectivity index (χ2n) is 5.20. The molecule has 2 rings (SSSR count). The Bertz CT molecular complexity index is 495. The summed E-state index contributed by atoms with van der Waals surface area (Å²) in [6.45, 7) is 3.98. The summed E-state index contributed by atoms with van der Waals surface area (Å²) in [6.07, 6.45) is 1.90. The second-order valence-corrected chi connectivity index (χ2v) is 5.20. The Balaban J connectivity index is 1.85. The molecule has 1 aliphatic rings. The third-order valence-corrected chi connectivity index (χ3v) is 3.54. The molecule has 0 spiro atoms. The first-order valence-electron chi connectivity index (χ1n) is 6.49. The highest BCUT2D eigenvalue weighted by Gasteiger charge is 2.30. The predicted octanol–water partition coefficient (Wildman–Crippen LogP) is 0.869. The third kappa shape index (κ3) is 3.33. The van der Waals surface area contributed by atoms with E-state index in [9.17, 15) is 9.59 Å². The Morgan fingerprint density at radius 1 is 1.47 bits per heavy atom. The van der Waals surface area contributed by atoms with Crippen molar-refractivity contribution in [2.45, 2.75) is 45.7 Å². The van der Waals surface area contributed by atoms with Gasteiger partial charge in [-0.3, -0.25) is 14.3 Å². The van der Waals surface area contributed by atoms with E-state index in [1.165, 1.54) is 0 Å². The number of nitrogens with one attached hydrogen (secondary N) is 1. The molecule has 1 aliphatic carbocycles. The van der Waals surface area contributed by atoms with E-state index >= 15 is 0 Å². The van der Waals surface area contributed by atoms with Crippen LogP contribution in [0.2, 0.25) is 0 Å². The van der Waals surface area contributed by atoms with Crippen molar-refractivity contribution in [1.82, 2.24) is 15.1 Å². The van der Waals surface area contributed by atoms with Crippen molar-refractivity contribution in [3.63, 3.8) is 0 Å². The van der Waals surface area contributed by atoms with Crippen LogP contribution in [0.5, 0.6) is 0 Å². The molecule has 1 aromatic heterocycles. The number of rotatable bonds is 4. The van der Waals surface area contributed by atoms with Gasteiger partial charge in [-0.2, -0.15) is 5.10 Å². The van der Waals surface area contributed by atoms with E-state index in [-0.39, 0.29) is 24.4 Å². The van der Waals surface area contributed by atoms with Gasteiger partial charge >= 0.3 is 5.97 Å². The minimum Gasteiger partial charge on any atom is -0.481 e.